The SMILES string of the molecule is O=C1C[C@]2(CCCN(C(=O)NCCCCCc3ccccc3)C2)CN1. The zero-order chi connectivity index (χ0) is 17.5. The first-order valence-corrected chi connectivity index (χ1v) is 9.50. The van der Waals surface area contributed by atoms with E-state index < -0.39 is 0 Å². The molecule has 1 aromatic carbocycles. The fraction of sp³-hybridized carbons (Fsp3) is 0.600. The molecular weight excluding hydrogens is 314 g/mol. The van der Waals surface area contributed by atoms with E-state index in [2.05, 4.69) is 34.9 Å². The minimum absolute atomic E-state index is 0.0254. The zero-order valence-corrected chi connectivity index (χ0v) is 14.9. The van der Waals surface area contributed by atoms with Crippen LogP contribution in [0.15, 0.2) is 30.3 Å². The molecule has 1 aromatic rings. The van der Waals surface area contributed by atoms with E-state index in [1.165, 1.54) is 5.56 Å². The van der Waals surface area contributed by atoms with Crippen molar-refractivity contribution in [2.24, 2.45) is 5.41 Å². The van der Waals surface area contributed by atoms with E-state index in [9.17, 15) is 9.59 Å². The van der Waals surface area contributed by atoms with Crippen molar-refractivity contribution in [3.63, 3.8) is 0 Å². The molecule has 1 spiro atoms. The number of carbonyl (C=O) groups is 2. The van der Waals surface area contributed by atoms with Gasteiger partial charge in [0.15, 0.2) is 0 Å². The fourth-order valence-electron chi connectivity index (χ4n) is 4.00. The maximum atomic E-state index is 12.4. The summed E-state index contributed by atoms with van der Waals surface area (Å²) in [7, 11) is 0. The molecule has 0 bridgehead atoms. The molecule has 2 aliphatic heterocycles. The minimum Gasteiger partial charge on any atom is -0.355 e. The Kier molecular flexibility index (Phi) is 5.95. The molecule has 5 heteroatoms. The van der Waals surface area contributed by atoms with Crippen LogP contribution in [0.1, 0.15) is 44.1 Å². The Morgan fingerprint density at radius 2 is 2.04 bits per heavy atom. The van der Waals surface area contributed by atoms with Gasteiger partial charge >= 0.3 is 6.03 Å². The summed E-state index contributed by atoms with van der Waals surface area (Å²) in [6.45, 7) is 2.95. The van der Waals surface area contributed by atoms with Crippen LogP contribution in [0.4, 0.5) is 4.79 Å². The van der Waals surface area contributed by atoms with Crippen LogP contribution in [-0.4, -0.2) is 43.0 Å². The Labute approximate surface area is 150 Å². The Morgan fingerprint density at radius 3 is 2.80 bits per heavy atom. The molecular formula is C20H29N3O2. The molecule has 25 heavy (non-hydrogen) atoms. The highest BCUT2D eigenvalue weighted by Gasteiger charge is 2.42. The van der Waals surface area contributed by atoms with Gasteiger partial charge in [0, 0.05) is 38.0 Å². The summed E-state index contributed by atoms with van der Waals surface area (Å²) < 4.78 is 0. The van der Waals surface area contributed by atoms with E-state index >= 15 is 0 Å². The molecule has 0 radical (unpaired) electrons. The number of benzene rings is 1. The van der Waals surface area contributed by atoms with Crippen LogP contribution >= 0.6 is 0 Å². The van der Waals surface area contributed by atoms with Crippen LogP contribution in [0, 0.1) is 5.41 Å². The molecule has 2 heterocycles. The van der Waals surface area contributed by atoms with Crippen LogP contribution in [0.3, 0.4) is 0 Å². The van der Waals surface area contributed by atoms with Crippen molar-refractivity contribution in [1.29, 1.82) is 0 Å². The van der Waals surface area contributed by atoms with Crippen molar-refractivity contribution in [2.45, 2.75) is 44.9 Å². The predicted octanol–water partition coefficient (Wildman–Crippen LogP) is 2.71. The maximum Gasteiger partial charge on any atom is 0.317 e. The summed E-state index contributed by atoms with van der Waals surface area (Å²) in [5, 5.41) is 5.97. The number of urea groups is 1. The maximum absolute atomic E-state index is 12.4. The van der Waals surface area contributed by atoms with E-state index in [1.54, 1.807) is 0 Å². The fourth-order valence-corrected chi connectivity index (χ4v) is 4.00. The van der Waals surface area contributed by atoms with Gasteiger partial charge in [-0.1, -0.05) is 36.8 Å². The predicted molar refractivity (Wildman–Crippen MR) is 98.3 cm³/mol. The number of likely N-dealkylation sites (tertiary alicyclic amines) is 1. The Hall–Kier alpha value is -2.04. The molecule has 1 atom stereocenters. The van der Waals surface area contributed by atoms with Gasteiger partial charge < -0.3 is 15.5 Å². The number of nitrogens with one attached hydrogen (secondary N) is 2. The topological polar surface area (TPSA) is 61.4 Å². The summed E-state index contributed by atoms with van der Waals surface area (Å²) in [5.74, 6) is 0.126. The summed E-state index contributed by atoms with van der Waals surface area (Å²) in [4.78, 5) is 25.8. The van der Waals surface area contributed by atoms with Gasteiger partial charge in [0.2, 0.25) is 5.91 Å². The monoisotopic (exact) mass is 343 g/mol. The average molecular weight is 343 g/mol. The van der Waals surface area contributed by atoms with E-state index in [0.717, 1.165) is 58.2 Å². The van der Waals surface area contributed by atoms with E-state index in [4.69, 9.17) is 0 Å². The summed E-state index contributed by atoms with van der Waals surface area (Å²) >= 11 is 0. The number of nitrogens with zero attached hydrogens (tertiary/aromatic N) is 1. The number of hydrogen-bond acceptors (Lipinski definition) is 2. The van der Waals surface area contributed by atoms with Crippen LogP contribution in [0.2, 0.25) is 0 Å². The van der Waals surface area contributed by atoms with Crippen LogP contribution in [-0.2, 0) is 11.2 Å². The standard InChI is InChI=1S/C20H29N3O2/c24-18-14-20(15-22-18)11-7-13-23(16-20)19(25)21-12-6-2-5-10-17-8-3-1-4-9-17/h1,3-4,8-9H,2,5-7,10-16H2,(H,21,25)(H,22,24)/t20-/m1/s1. The lowest BCUT2D eigenvalue weighted by Crippen LogP contribution is -2.50. The number of aryl methyl sites for hydroxylation is 1. The number of piperidine rings is 1. The van der Waals surface area contributed by atoms with Crippen molar-refractivity contribution in [3.8, 4) is 0 Å². The second-order valence-corrected chi connectivity index (χ2v) is 7.51. The average Bonchev–Trinajstić information content (AvgIpc) is 2.98. The van der Waals surface area contributed by atoms with E-state index in [0.29, 0.717) is 13.0 Å². The third kappa shape index (κ3) is 4.97. The molecule has 0 aromatic heterocycles. The normalized spacial score (nSPS) is 22.9. The molecule has 2 saturated heterocycles. The lowest BCUT2D eigenvalue weighted by Gasteiger charge is -2.39. The second-order valence-electron chi connectivity index (χ2n) is 7.51. The van der Waals surface area contributed by atoms with Gasteiger partial charge in [0.1, 0.15) is 0 Å². The quantitative estimate of drug-likeness (QED) is 0.780. The third-order valence-electron chi connectivity index (χ3n) is 5.41. The van der Waals surface area contributed by atoms with Crippen molar-refractivity contribution in [2.75, 3.05) is 26.2 Å². The highest BCUT2D eigenvalue weighted by Crippen LogP contribution is 2.35. The molecule has 3 rings (SSSR count). The molecule has 136 valence electrons. The van der Waals surface area contributed by atoms with Gasteiger partial charge in [-0.2, -0.15) is 0 Å². The third-order valence-corrected chi connectivity index (χ3v) is 5.41. The molecule has 2 N–H and O–H groups in total. The number of carbonyl (C=O) groups excluding carboxylic acids is 2. The van der Waals surface area contributed by atoms with Crippen LogP contribution < -0.4 is 10.6 Å². The van der Waals surface area contributed by atoms with Gasteiger partial charge in [-0.15, -0.1) is 0 Å². The van der Waals surface area contributed by atoms with Crippen LogP contribution in [0.25, 0.3) is 0 Å². The Balaban J connectivity index is 1.32. The molecule has 0 saturated carbocycles. The zero-order valence-electron chi connectivity index (χ0n) is 14.9. The summed E-state index contributed by atoms with van der Waals surface area (Å²) in [6, 6.07) is 10.6. The highest BCUT2D eigenvalue weighted by molar-refractivity contribution is 5.80. The van der Waals surface area contributed by atoms with E-state index in [-0.39, 0.29) is 17.4 Å². The molecule has 0 aliphatic carbocycles. The second kappa shape index (κ2) is 8.37. The first-order valence-electron chi connectivity index (χ1n) is 9.50. The molecule has 2 fully saturated rings. The number of unbranched alkanes of at least 4 members (excludes halogenated alkanes) is 2. The minimum atomic E-state index is -0.0254. The smallest absolute Gasteiger partial charge is 0.317 e. The van der Waals surface area contributed by atoms with Gasteiger partial charge in [0.25, 0.3) is 0 Å². The van der Waals surface area contributed by atoms with Gasteiger partial charge in [-0.05, 0) is 37.7 Å². The molecule has 5 nitrogen and oxygen atoms in total. The molecule has 0 unspecified atom stereocenters. The lowest BCUT2D eigenvalue weighted by molar-refractivity contribution is -0.119. The highest BCUT2D eigenvalue weighted by atomic mass is 16.2. The Bertz CT molecular complexity index is 590. The molecule has 2 aliphatic rings. The number of amides is 3. The van der Waals surface area contributed by atoms with Gasteiger partial charge in [-0.25, -0.2) is 4.79 Å². The first-order chi connectivity index (χ1) is 12.2. The Morgan fingerprint density at radius 1 is 1.20 bits per heavy atom. The number of hydrogen-bond donors (Lipinski definition) is 2. The van der Waals surface area contributed by atoms with Crippen molar-refractivity contribution in [1.82, 2.24) is 15.5 Å². The van der Waals surface area contributed by atoms with Crippen molar-refractivity contribution in [3.05, 3.63) is 35.9 Å². The number of rotatable bonds is 6. The lowest BCUT2D eigenvalue weighted by atomic mass is 9.79. The molecule has 3 amide bonds. The van der Waals surface area contributed by atoms with Crippen LogP contribution in [0.5, 0.6) is 0 Å². The van der Waals surface area contributed by atoms with Gasteiger partial charge in [-0.3, -0.25) is 4.79 Å². The van der Waals surface area contributed by atoms with Crippen molar-refractivity contribution < 1.29 is 9.59 Å². The van der Waals surface area contributed by atoms with Crippen molar-refractivity contribution >= 4 is 11.9 Å². The van der Waals surface area contributed by atoms with Gasteiger partial charge in [0.05, 0.1) is 0 Å². The van der Waals surface area contributed by atoms with E-state index in [1.807, 2.05) is 11.0 Å². The summed E-state index contributed by atoms with van der Waals surface area (Å²) in [6.07, 6.45) is 6.98. The summed E-state index contributed by atoms with van der Waals surface area (Å²) in [5.41, 5.74) is 1.35. The first kappa shape index (κ1) is 17.8. The largest absolute Gasteiger partial charge is 0.355 e.